The van der Waals surface area contributed by atoms with E-state index in [0.717, 1.165) is 6.20 Å². The van der Waals surface area contributed by atoms with Crippen LogP contribution in [0, 0.1) is 10.1 Å². The van der Waals surface area contributed by atoms with E-state index in [1.54, 1.807) is 31.2 Å². The van der Waals surface area contributed by atoms with E-state index in [-0.39, 0.29) is 24.1 Å². The fourth-order valence-electron chi connectivity index (χ4n) is 1.95. The molecular weight excluding hydrogens is 360 g/mol. The fraction of sp³-hybridized carbons (Fsp3) is 0.267. The molecule has 26 heavy (non-hydrogen) atoms. The van der Waals surface area contributed by atoms with E-state index in [1.165, 1.54) is 6.26 Å². The van der Waals surface area contributed by atoms with Crippen LogP contribution in [0.2, 0.25) is 0 Å². The van der Waals surface area contributed by atoms with Crippen LogP contribution >= 0.6 is 0 Å². The van der Waals surface area contributed by atoms with Crippen LogP contribution in [0.5, 0.6) is 0 Å². The SMILES string of the molecule is C=S(C)(=O)Nc1ccc(Nc2ncc([N+](=O)[O-])c(N[C@H](C)CO)n2)cc1. The number of aliphatic hydroxyl groups is 1. The van der Waals surface area contributed by atoms with Crippen LogP contribution in [-0.2, 0) is 9.71 Å². The molecule has 2 rings (SSSR count). The Bertz CT molecular complexity index is 886. The molecule has 0 saturated carbocycles. The maximum absolute atomic E-state index is 11.6. The molecule has 11 heteroatoms. The zero-order valence-electron chi connectivity index (χ0n) is 14.3. The molecule has 0 amide bonds. The van der Waals surface area contributed by atoms with Crippen molar-refractivity contribution in [2.75, 3.05) is 28.2 Å². The lowest BCUT2D eigenvalue weighted by molar-refractivity contribution is -0.384. The third-order valence-corrected chi connectivity index (χ3v) is 3.77. The molecule has 4 N–H and O–H groups in total. The number of hydrogen-bond acceptors (Lipinski definition) is 8. The van der Waals surface area contributed by atoms with Gasteiger partial charge in [-0.05, 0) is 37.1 Å². The van der Waals surface area contributed by atoms with E-state index < -0.39 is 20.7 Å². The highest BCUT2D eigenvalue weighted by molar-refractivity contribution is 8.00. The van der Waals surface area contributed by atoms with Gasteiger partial charge in [-0.15, -0.1) is 0 Å². The minimum absolute atomic E-state index is 0.00937. The van der Waals surface area contributed by atoms with Crippen molar-refractivity contribution in [3.8, 4) is 0 Å². The molecule has 0 bridgehead atoms. The van der Waals surface area contributed by atoms with Gasteiger partial charge < -0.3 is 20.5 Å². The van der Waals surface area contributed by atoms with Crippen molar-refractivity contribution >= 4 is 44.4 Å². The van der Waals surface area contributed by atoms with Gasteiger partial charge in [0.2, 0.25) is 11.8 Å². The topological polar surface area (TPSA) is 142 Å². The minimum atomic E-state index is -2.37. The lowest BCUT2D eigenvalue weighted by Gasteiger charge is -2.13. The van der Waals surface area contributed by atoms with Crippen LogP contribution in [0.15, 0.2) is 30.5 Å². The predicted octanol–water partition coefficient (Wildman–Crippen LogP) is 1.59. The molecule has 0 aliphatic carbocycles. The first-order chi connectivity index (χ1) is 12.2. The van der Waals surface area contributed by atoms with Crippen molar-refractivity contribution in [3.63, 3.8) is 0 Å². The summed E-state index contributed by atoms with van der Waals surface area (Å²) in [5.41, 5.74) is 0.988. The van der Waals surface area contributed by atoms with E-state index in [2.05, 4.69) is 31.2 Å². The number of hydrogen-bond donors (Lipinski definition) is 4. The second kappa shape index (κ2) is 7.97. The first-order valence-electron chi connectivity index (χ1n) is 7.54. The maximum atomic E-state index is 11.6. The van der Waals surface area contributed by atoms with Crippen LogP contribution in [0.25, 0.3) is 0 Å². The van der Waals surface area contributed by atoms with Crippen LogP contribution in [0.1, 0.15) is 6.92 Å². The van der Waals surface area contributed by atoms with Crippen molar-refractivity contribution in [2.45, 2.75) is 13.0 Å². The second-order valence-electron chi connectivity index (χ2n) is 5.72. The number of nitrogens with one attached hydrogen (secondary N) is 3. The quantitative estimate of drug-likeness (QED) is 0.307. The summed E-state index contributed by atoms with van der Waals surface area (Å²) in [4.78, 5) is 18.5. The Labute approximate surface area is 151 Å². The molecule has 0 aliphatic rings. The third-order valence-electron chi connectivity index (χ3n) is 3.10. The molecule has 10 nitrogen and oxygen atoms in total. The largest absolute Gasteiger partial charge is 0.394 e. The van der Waals surface area contributed by atoms with Crippen molar-refractivity contribution in [1.29, 1.82) is 0 Å². The number of nitrogens with zero attached hydrogens (tertiary/aromatic N) is 3. The highest BCUT2D eigenvalue weighted by Crippen LogP contribution is 2.24. The Hall–Kier alpha value is -2.92. The molecule has 2 atom stereocenters. The first-order valence-corrected chi connectivity index (χ1v) is 9.67. The maximum Gasteiger partial charge on any atom is 0.329 e. The van der Waals surface area contributed by atoms with Crippen LogP contribution in [-0.4, -0.2) is 49.0 Å². The summed E-state index contributed by atoms with van der Waals surface area (Å²) in [6.07, 6.45) is 2.58. The summed E-state index contributed by atoms with van der Waals surface area (Å²) < 4.78 is 14.4. The number of aromatic nitrogens is 2. The molecule has 0 radical (unpaired) electrons. The third kappa shape index (κ3) is 5.57. The Kier molecular flexibility index (Phi) is 5.95. The zero-order valence-corrected chi connectivity index (χ0v) is 15.1. The van der Waals surface area contributed by atoms with Crippen LogP contribution < -0.4 is 15.4 Å². The molecule has 1 aromatic heterocycles. The van der Waals surface area contributed by atoms with E-state index in [9.17, 15) is 14.3 Å². The van der Waals surface area contributed by atoms with Crippen LogP contribution in [0.4, 0.5) is 28.8 Å². The highest BCUT2D eigenvalue weighted by atomic mass is 32.2. The molecule has 2 aromatic rings. The van der Waals surface area contributed by atoms with Gasteiger partial charge in [0, 0.05) is 33.4 Å². The van der Waals surface area contributed by atoms with Crippen molar-refractivity contribution in [3.05, 3.63) is 40.6 Å². The highest BCUT2D eigenvalue weighted by Gasteiger charge is 2.18. The lowest BCUT2D eigenvalue weighted by Crippen LogP contribution is -2.21. The fourth-order valence-corrected chi connectivity index (χ4v) is 2.59. The molecular formula is C15H20N6O4S. The predicted molar refractivity (Wildman–Crippen MR) is 103 cm³/mol. The normalized spacial score (nSPS) is 14.1. The molecule has 1 aromatic carbocycles. The Balaban J connectivity index is 2.21. The number of nitro groups is 1. The summed E-state index contributed by atoms with van der Waals surface area (Å²) in [5.74, 6) is 3.68. The number of aliphatic hydroxyl groups excluding tert-OH is 1. The molecule has 0 fully saturated rings. The number of benzene rings is 1. The van der Waals surface area contributed by atoms with Gasteiger partial charge in [-0.25, -0.2) is 9.19 Å². The van der Waals surface area contributed by atoms with Gasteiger partial charge in [0.05, 0.1) is 11.5 Å². The molecule has 0 aliphatic heterocycles. The van der Waals surface area contributed by atoms with Gasteiger partial charge in [-0.3, -0.25) is 10.1 Å². The second-order valence-corrected chi connectivity index (χ2v) is 7.94. The number of rotatable bonds is 8. The van der Waals surface area contributed by atoms with Gasteiger partial charge in [-0.1, -0.05) is 0 Å². The Morgan fingerprint density at radius 3 is 2.50 bits per heavy atom. The summed E-state index contributed by atoms with van der Waals surface area (Å²) in [7, 11) is -2.37. The minimum Gasteiger partial charge on any atom is -0.394 e. The Morgan fingerprint density at radius 1 is 1.35 bits per heavy atom. The summed E-state index contributed by atoms with van der Waals surface area (Å²) >= 11 is 0. The van der Waals surface area contributed by atoms with Gasteiger partial charge >= 0.3 is 5.69 Å². The standard InChI is InChI=1S/C15H20N6O4S/c1-10(9-22)17-14-13(21(23)24)8-16-15(19-14)18-11-4-6-12(7-5-11)20-26(2,3)25/h4-8,10,22H,2,9H2,1,3H3,(H,20,25)(H2,16,17,18,19)/t10-,26?/m1/s1. The molecule has 1 heterocycles. The van der Waals surface area contributed by atoms with E-state index >= 15 is 0 Å². The van der Waals surface area contributed by atoms with Crippen molar-refractivity contribution in [2.24, 2.45) is 0 Å². The molecule has 0 spiro atoms. The van der Waals surface area contributed by atoms with E-state index in [1.807, 2.05) is 0 Å². The average Bonchev–Trinajstić information content (AvgIpc) is 2.55. The number of anilines is 4. The van der Waals surface area contributed by atoms with Gasteiger partial charge in [-0.2, -0.15) is 4.98 Å². The van der Waals surface area contributed by atoms with Crippen molar-refractivity contribution in [1.82, 2.24) is 9.97 Å². The van der Waals surface area contributed by atoms with E-state index in [4.69, 9.17) is 5.11 Å². The molecule has 0 saturated heterocycles. The van der Waals surface area contributed by atoms with Crippen molar-refractivity contribution < 1.29 is 14.2 Å². The monoisotopic (exact) mass is 380 g/mol. The summed E-state index contributed by atoms with van der Waals surface area (Å²) in [5, 5.41) is 25.9. The van der Waals surface area contributed by atoms with E-state index in [0.29, 0.717) is 11.4 Å². The smallest absolute Gasteiger partial charge is 0.329 e. The first kappa shape index (κ1) is 19.4. The van der Waals surface area contributed by atoms with Gasteiger partial charge in [0.15, 0.2) is 0 Å². The summed E-state index contributed by atoms with van der Waals surface area (Å²) in [6.45, 7) is 1.46. The summed E-state index contributed by atoms with van der Waals surface area (Å²) in [6, 6.07) is 6.42. The lowest BCUT2D eigenvalue weighted by atomic mass is 10.3. The van der Waals surface area contributed by atoms with Gasteiger partial charge in [0.25, 0.3) is 0 Å². The average molecular weight is 380 g/mol. The zero-order chi connectivity index (χ0) is 19.3. The van der Waals surface area contributed by atoms with Gasteiger partial charge in [0.1, 0.15) is 6.20 Å². The Morgan fingerprint density at radius 2 is 1.96 bits per heavy atom. The molecule has 140 valence electrons. The molecule has 1 unspecified atom stereocenters. The van der Waals surface area contributed by atoms with Crippen LogP contribution in [0.3, 0.4) is 0 Å².